The number of para-hydroxylation sites is 1. The summed E-state index contributed by atoms with van der Waals surface area (Å²) in [6.07, 6.45) is 1.55. The van der Waals surface area contributed by atoms with Crippen molar-refractivity contribution in [2.45, 2.75) is 25.3 Å². The van der Waals surface area contributed by atoms with Gasteiger partial charge in [-0.05, 0) is 31.4 Å². The van der Waals surface area contributed by atoms with Gasteiger partial charge in [-0.1, -0.05) is 6.07 Å². The van der Waals surface area contributed by atoms with Crippen molar-refractivity contribution in [2.75, 3.05) is 5.73 Å². The summed E-state index contributed by atoms with van der Waals surface area (Å²) < 4.78 is 13.2. The Labute approximate surface area is 109 Å². The Bertz CT molecular complexity index is 519. The van der Waals surface area contributed by atoms with Gasteiger partial charge in [-0.15, -0.1) is 0 Å². The summed E-state index contributed by atoms with van der Waals surface area (Å²) in [6.45, 7) is 0. The van der Waals surface area contributed by atoms with Crippen LogP contribution in [0.3, 0.4) is 0 Å². The third kappa shape index (κ3) is 2.83. The van der Waals surface area contributed by atoms with Gasteiger partial charge in [0.1, 0.15) is 5.82 Å². The van der Waals surface area contributed by atoms with Gasteiger partial charge in [-0.25, -0.2) is 4.39 Å². The molecule has 19 heavy (non-hydrogen) atoms. The second-order valence-electron chi connectivity index (χ2n) is 4.72. The quantitative estimate of drug-likeness (QED) is 0.721. The minimum atomic E-state index is -0.845. The molecule has 0 heterocycles. The number of nitrogen functional groups attached to an aromatic ring is 1. The molecule has 1 aliphatic carbocycles. The van der Waals surface area contributed by atoms with E-state index in [0.29, 0.717) is 19.3 Å². The molecule has 0 aromatic heterocycles. The molecule has 1 saturated carbocycles. The van der Waals surface area contributed by atoms with Crippen molar-refractivity contribution in [3.05, 3.63) is 29.6 Å². The Morgan fingerprint density at radius 2 is 2.11 bits per heavy atom. The zero-order chi connectivity index (χ0) is 14.0. The Balaban J connectivity index is 2.02. The van der Waals surface area contributed by atoms with Crippen LogP contribution in [0, 0.1) is 11.7 Å². The molecule has 6 heteroatoms. The van der Waals surface area contributed by atoms with Gasteiger partial charge in [0.25, 0.3) is 5.91 Å². The molecule has 102 valence electrons. The van der Waals surface area contributed by atoms with E-state index in [2.05, 4.69) is 5.32 Å². The summed E-state index contributed by atoms with van der Waals surface area (Å²) in [5, 5.41) is 11.6. The molecule has 0 saturated heterocycles. The Morgan fingerprint density at radius 3 is 2.74 bits per heavy atom. The number of anilines is 1. The maximum absolute atomic E-state index is 13.2. The Kier molecular flexibility index (Phi) is 3.69. The van der Waals surface area contributed by atoms with Crippen molar-refractivity contribution in [3.63, 3.8) is 0 Å². The standard InChI is InChI=1S/C13H15FN2O3/c14-10-3-1-2-9(11(10)15)12(17)16-8-5-4-7(6-8)13(18)19/h1-3,7-8H,4-6,15H2,(H,16,17)(H,18,19)/t7-,8+/m1/s1. The molecular weight excluding hydrogens is 251 g/mol. The molecule has 5 nitrogen and oxygen atoms in total. The molecular formula is C13H15FN2O3. The van der Waals surface area contributed by atoms with Gasteiger partial charge >= 0.3 is 5.97 Å². The summed E-state index contributed by atoms with van der Waals surface area (Å²) in [4.78, 5) is 22.8. The predicted molar refractivity (Wildman–Crippen MR) is 67.0 cm³/mol. The Morgan fingerprint density at radius 1 is 1.37 bits per heavy atom. The second kappa shape index (κ2) is 5.26. The number of amides is 1. The van der Waals surface area contributed by atoms with Gasteiger partial charge in [0.15, 0.2) is 0 Å². The van der Waals surface area contributed by atoms with Crippen LogP contribution in [0.1, 0.15) is 29.6 Å². The first-order valence-electron chi connectivity index (χ1n) is 6.06. The summed E-state index contributed by atoms with van der Waals surface area (Å²) >= 11 is 0. The SMILES string of the molecule is Nc1c(F)cccc1C(=O)N[C@H]1CC[C@@H](C(=O)O)C1. The number of nitrogens with one attached hydrogen (secondary N) is 1. The minimum Gasteiger partial charge on any atom is -0.481 e. The van der Waals surface area contributed by atoms with Gasteiger partial charge in [-0.2, -0.15) is 0 Å². The number of rotatable bonds is 3. The van der Waals surface area contributed by atoms with Crippen LogP contribution in [-0.4, -0.2) is 23.0 Å². The van der Waals surface area contributed by atoms with Gasteiger partial charge in [0, 0.05) is 6.04 Å². The highest BCUT2D eigenvalue weighted by molar-refractivity contribution is 5.99. The lowest BCUT2D eigenvalue weighted by Gasteiger charge is -2.13. The maximum Gasteiger partial charge on any atom is 0.306 e. The molecule has 1 aromatic rings. The van der Waals surface area contributed by atoms with Crippen LogP contribution in [-0.2, 0) is 4.79 Å². The Hall–Kier alpha value is -2.11. The highest BCUT2D eigenvalue weighted by Gasteiger charge is 2.31. The van der Waals surface area contributed by atoms with Crippen LogP contribution >= 0.6 is 0 Å². The monoisotopic (exact) mass is 266 g/mol. The van der Waals surface area contributed by atoms with Gasteiger partial charge < -0.3 is 16.2 Å². The molecule has 2 atom stereocenters. The highest BCUT2D eigenvalue weighted by atomic mass is 19.1. The van der Waals surface area contributed by atoms with Crippen LogP contribution in [0.25, 0.3) is 0 Å². The third-order valence-corrected chi connectivity index (χ3v) is 3.41. The van der Waals surface area contributed by atoms with E-state index >= 15 is 0 Å². The fourth-order valence-corrected chi connectivity index (χ4v) is 2.34. The number of carbonyl (C=O) groups is 2. The summed E-state index contributed by atoms with van der Waals surface area (Å²) in [5.74, 6) is -2.37. The molecule has 0 radical (unpaired) electrons. The lowest BCUT2D eigenvalue weighted by atomic mass is 10.1. The van der Waals surface area contributed by atoms with Gasteiger partial charge in [0.2, 0.25) is 0 Å². The topological polar surface area (TPSA) is 92.4 Å². The predicted octanol–water partition coefficient (Wildman–Crippen LogP) is 1.39. The minimum absolute atomic E-state index is 0.0822. The molecule has 0 bridgehead atoms. The van der Waals surface area contributed by atoms with Crippen molar-refractivity contribution in [1.82, 2.24) is 5.32 Å². The molecule has 0 unspecified atom stereocenters. The third-order valence-electron chi connectivity index (χ3n) is 3.41. The first kappa shape index (κ1) is 13.3. The van der Waals surface area contributed by atoms with Crippen molar-refractivity contribution >= 4 is 17.6 Å². The first-order chi connectivity index (χ1) is 8.99. The van der Waals surface area contributed by atoms with Crippen LogP contribution in [0.4, 0.5) is 10.1 Å². The summed E-state index contributed by atoms with van der Waals surface area (Å²) in [7, 11) is 0. The van der Waals surface area contributed by atoms with Gasteiger partial charge in [0.05, 0.1) is 17.2 Å². The molecule has 1 fully saturated rings. The summed E-state index contributed by atoms with van der Waals surface area (Å²) in [5.41, 5.74) is 5.40. The van der Waals surface area contributed by atoms with Crippen LogP contribution in [0.15, 0.2) is 18.2 Å². The average Bonchev–Trinajstić information content (AvgIpc) is 2.81. The fraction of sp³-hybridized carbons (Fsp3) is 0.385. The lowest BCUT2D eigenvalue weighted by molar-refractivity contribution is -0.141. The molecule has 0 aliphatic heterocycles. The van der Waals surface area contributed by atoms with Crippen LogP contribution in [0.2, 0.25) is 0 Å². The summed E-state index contributed by atoms with van der Waals surface area (Å²) in [6, 6.07) is 3.84. The van der Waals surface area contributed by atoms with E-state index in [1.165, 1.54) is 18.2 Å². The number of carboxylic acids is 1. The molecule has 1 aromatic carbocycles. The number of hydrogen-bond donors (Lipinski definition) is 3. The second-order valence-corrected chi connectivity index (χ2v) is 4.72. The highest BCUT2D eigenvalue weighted by Crippen LogP contribution is 2.26. The van der Waals surface area contributed by atoms with Crippen LogP contribution in [0.5, 0.6) is 0 Å². The normalized spacial score (nSPS) is 22.2. The van der Waals surface area contributed by atoms with E-state index in [1.54, 1.807) is 0 Å². The van der Waals surface area contributed by atoms with Crippen molar-refractivity contribution in [2.24, 2.45) is 5.92 Å². The molecule has 1 amide bonds. The molecule has 2 rings (SSSR count). The number of carbonyl (C=O) groups excluding carboxylic acids is 1. The van der Waals surface area contributed by atoms with E-state index in [0.717, 1.165) is 0 Å². The smallest absolute Gasteiger partial charge is 0.306 e. The number of hydrogen-bond acceptors (Lipinski definition) is 3. The number of halogens is 1. The first-order valence-corrected chi connectivity index (χ1v) is 6.06. The number of nitrogens with two attached hydrogens (primary N) is 1. The van der Waals surface area contributed by atoms with E-state index < -0.39 is 23.6 Å². The van der Waals surface area contributed by atoms with Crippen molar-refractivity contribution in [1.29, 1.82) is 0 Å². The van der Waals surface area contributed by atoms with Crippen molar-refractivity contribution in [3.8, 4) is 0 Å². The van der Waals surface area contributed by atoms with E-state index in [4.69, 9.17) is 10.8 Å². The van der Waals surface area contributed by atoms with E-state index in [-0.39, 0.29) is 17.3 Å². The van der Waals surface area contributed by atoms with Crippen LogP contribution < -0.4 is 11.1 Å². The zero-order valence-corrected chi connectivity index (χ0v) is 10.2. The average molecular weight is 266 g/mol. The van der Waals surface area contributed by atoms with Gasteiger partial charge in [-0.3, -0.25) is 9.59 Å². The molecule has 1 aliphatic rings. The van der Waals surface area contributed by atoms with E-state index in [1.807, 2.05) is 0 Å². The maximum atomic E-state index is 13.2. The largest absolute Gasteiger partial charge is 0.481 e. The van der Waals surface area contributed by atoms with E-state index in [9.17, 15) is 14.0 Å². The van der Waals surface area contributed by atoms with Crippen molar-refractivity contribution < 1.29 is 19.1 Å². The number of benzene rings is 1. The number of aliphatic carboxylic acids is 1. The number of carboxylic acid groups (broad SMARTS) is 1. The molecule has 4 N–H and O–H groups in total. The lowest BCUT2D eigenvalue weighted by Crippen LogP contribution is -2.33. The molecule has 0 spiro atoms. The zero-order valence-electron chi connectivity index (χ0n) is 10.2. The fourth-order valence-electron chi connectivity index (χ4n) is 2.34.